The largest absolute Gasteiger partial charge is 0.325 e. The van der Waals surface area contributed by atoms with Crippen molar-refractivity contribution in [2.75, 3.05) is 18.1 Å². The Balaban J connectivity index is 1.83. The molecule has 30 heavy (non-hydrogen) atoms. The van der Waals surface area contributed by atoms with Crippen molar-refractivity contribution in [1.82, 2.24) is 10.2 Å². The number of halogens is 1. The summed E-state index contributed by atoms with van der Waals surface area (Å²) in [5.41, 5.74) is -0.715. The molecule has 1 aliphatic heterocycles. The fourth-order valence-corrected chi connectivity index (χ4v) is 3.87. The van der Waals surface area contributed by atoms with Crippen LogP contribution in [0.5, 0.6) is 0 Å². The zero-order valence-electron chi connectivity index (χ0n) is 16.6. The Morgan fingerprint density at radius 1 is 1.20 bits per heavy atom. The SMILES string of the molecule is CSc1cc(C(=O)CN2C(=O)NC(C)(c3ccccc3F)C2=O)ccc1NC(C)=O. The van der Waals surface area contributed by atoms with E-state index in [-0.39, 0.29) is 17.0 Å². The van der Waals surface area contributed by atoms with Gasteiger partial charge in [0.2, 0.25) is 5.91 Å². The Kier molecular flexibility index (Phi) is 5.93. The number of urea groups is 1. The number of imide groups is 1. The number of nitrogens with one attached hydrogen (secondary N) is 2. The van der Waals surface area contributed by atoms with Gasteiger partial charge < -0.3 is 10.6 Å². The summed E-state index contributed by atoms with van der Waals surface area (Å²) in [6, 6.07) is 9.61. The normalized spacial score (nSPS) is 18.3. The molecule has 9 heteroatoms. The molecule has 1 unspecified atom stereocenters. The lowest BCUT2D eigenvalue weighted by atomic mass is 9.91. The van der Waals surface area contributed by atoms with E-state index in [9.17, 15) is 23.6 Å². The van der Waals surface area contributed by atoms with Crippen LogP contribution in [-0.2, 0) is 15.1 Å². The molecule has 156 valence electrons. The van der Waals surface area contributed by atoms with Crippen LogP contribution in [0.25, 0.3) is 0 Å². The van der Waals surface area contributed by atoms with Crippen LogP contribution in [0.1, 0.15) is 29.8 Å². The molecule has 1 heterocycles. The van der Waals surface area contributed by atoms with Gasteiger partial charge in [-0.05, 0) is 37.4 Å². The van der Waals surface area contributed by atoms with Gasteiger partial charge in [-0.15, -0.1) is 11.8 Å². The van der Waals surface area contributed by atoms with Crippen LogP contribution in [0.4, 0.5) is 14.9 Å². The quantitative estimate of drug-likeness (QED) is 0.418. The molecule has 1 saturated heterocycles. The minimum absolute atomic E-state index is 0.0302. The maximum absolute atomic E-state index is 14.2. The number of hydrogen-bond donors (Lipinski definition) is 2. The van der Waals surface area contributed by atoms with Gasteiger partial charge in [-0.25, -0.2) is 9.18 Å². The van der Waals surface area contributed by atoms with E-state index >= 15 is 0 Å². The van der Waals surface area contributed by atoms with Crippen LogP contribution < -0.4 is 10.6 Å². The number of carbonyl (C=O) groups excluding carboxylic acids is 4. The number of benzene rings is 2. The first-order valence-corrected chi connectivity index (χ1v) is 10.3. The van der Waals surface area contributed by atoms with Gasteiger partial charge in [0.1, 0.15) is 11.4 Å². The topological polar surface area (TPSA) is 95.6 Å². The first-order chi connectivity index (χ1) is 14.2. The number of carbonyl (C=O) groups is 4. The van der Waals surface area contributed by atoms with Gasteiger partial charge in [0, 0.05) is 22.9 Å². The minimum atomic E-state index is -1.59. The Labute approximate surface area is 177 Å². The molecule has 0 saturated carbocycles. The second kappa shape index (κ2) is 8.27. The number of amides is 4. The molecule has 2 N–H and O–H groups in total. The van der Waals surface area contributed by atoms with Crippen LogP contribution in [0.3, 0.4) is 0 Å². The fourth-order valence-electron chi connectivity index (χ4n) is 3.28. The van der Waals surface area contributed by atoms with E-state index in [1.165, 1.54) is 49.9 Å². The van der Waals surface area contributed by atoms with E-state index in [0.717, 1.165) is 4.90 Å². The Bertz CT molecular complexity index is 1060. The number of thioether (sulfide) groups is 1. The zero-order valence-corrected chi connectivity index (χ0v) is 17.4. The molecule has 0 spiro atoms. The second-order valence-corrected chi connectivity index (χ2v) is 7.79. The van der Waals surface area contributed by atoms with E-state index in [2.05, 4.69) is 10.6 Å². The highest BCUT2D eigenvalue weighted by molar-refractivity contribution is 7.98. The summed E-state index contributed by atoms with van der Waals surface area (Å²) in [5.74, 6) is -2.02. The van der Waals surface area contributed by atoms with Gasteiger partial charge in [0.15, 0.2) is 5.78 Å². The van der Waals surface area contributed by atoms with E-state index in [4.69, 9.17) is 0 Å². The van der Waals surface area contributed by atoms with Crippen molar-refractivity contribution in [3.63, 3.8) is 0 Å². The number of hydrogen-bond acceptors (Lipinski definition) is 5. The summed E-state index contributed by atoms with van der Waals surface area (Å²) in [4.78, 5) is 50.9. The molecule has 2 aromatic rings. The average Bonchev–Trinajstić information content (AvgIpc) is 2.91. The summed E-state index contributed by atoms with van der Waals surface area (Å²) in [7, 11) is 0. The molecular formula is C21H20FN3O4S. The van der Waals surface area contributed by atoms with Crippen molar-refractivity contribution < 1.29 is 23.6 Å². The monoisotopic (exact) mass is 429 g/mol. The summed E-state index contributed by atoms with van der Waals surface area (Å²) < 4.78 is 14.2. The van der Waals surface area contributed by atoms with Crippen molar-refractivity contribution in [3.05, 3.63) is 59.4 Å². The Morgan fingerprint density at radius 2 is 1.90 bits per heavy atom. The first-order valence-electron chi connectivity index (χ1n) is 9.05. The lowest BCUT2D eigenvalue weighted by Crippen LogP contribution is -2.42. The maximum atomic E-state index is 14.2. The molecular weight excluding hydrogens is 409 g/mol. The fraction of sp³-hybridized carbons (Fsp3) is 0.238. The minimum Gasteiger partial charge on any atom is -0.325 e. The van der Waals surface area contributed by atoms with E-state index in [1.54, 1.807) is 24.5 Å². The molecule has 1 aliphatic rings. The highest BCUT2D eigenvalue weighted by Gasteiger charge is 2.50. The van der Waals surface area contributed by atoms with Crippen LogP contribution in [-0.4, -0.2) is 41.3 Å². The van der Waals surface area contributed by atoms with Crippen LogP contribution >= 0.6 is 11.8 Å². The van der Waals surface area contributed by atoms with Gasteiger partial charge in [-0.1, -0.05) is 18.2 Å². The van der Waals surface area contributed by atoms with Crippen molar-refractivity contribution in [1.29, 1.82) is 0 Å². The molecule has 0 aromatic heterocycles. The number of rotatable bonds is 6. The van der Waals surface area contributed by atoms with Crippen molar-refractivity contribution in [3.8, 4) is 0 Å². The molecule has 7 nitrogen and oxygen atoms in total. The third-order valence-electron chi connectivity index (χ3n) is 4.82. The predicted molar refractivity (Wildman–Crippen MR) is 111 cm³/mol. The zero-order chi connectivity index (χ0) is 22.1. The lowest BCUT2D eigenvalue weighted by Gasteiger charge is -2.22. The lowest BCUT2D eigenvalue weighted by molar-refractivity contribution is -0.130. The molecule has 1 fully saturated rings. The highest BCUT2D eigenvalue weighted by Crippen LogP contribution is 2.31. The van der Waals surface area contributed by atoms with Gasteiger partial charge in [0.05, 0.1) is 12.2 Å². The number of Topliss-reactive ketones (excluding diaryl/α,β-unsaturated/α-hetero) is 1. The van der Waals surface area contributed by atoms with E-state index < -0.39 is 35.6 Å². The van der Waals surface area contributed by atoms with Crippen molar-refractivity contribution in [2.45, 2.75) is 24.3 Å². The molecule has 0 radical (unpaired) electrons. The first kappa shape index (κ1) is 21.5. The third kappa shape index (κ3) is 3.93. The molecule has 4 amide bonds. The summed E-state index contributed by atoms with van der Waals surface area (Å²) in [5, 5.41) is 5.17. The Hall–Kier alpha value is -3.20. The van der Waals surface area contributed by atoms with Crippen LogP contribution in [0, 0.1) is 5.82 Å². The maximum Gasteiger partial charge on any atom is 0.325 e. The third-order valence-corrected chi connectivity index (χ3v) is 5.60. The van der Waals surface area contributed by atoms with Gasteiger partial charge in [-0.3, -0.25) is 19.3 Å². The number of ketones is 1. The van der Waals surface area contributed by atoms with Gasteiger partial charge in [-0.2, -0.15) is 0 Å². The molecule has 0 aliphatic carbocycles. The smallest absolute Gasteiger partial charge is 0.325 e. The average molecular weight is 429 g/mol. The predicted octanol–water partition coefficient (Wildman–Crippen LogP) is 3.16. The standard InChI is InChI=1S/C21H20FN3O4S/c1-12(26)23-16-9-8-13(10-18(16)30-3)17(27)11-25-19(28)21(2,24-20(25)29)14-6-4-5-7-15(14)22/h4-10H,11H2,1-3H3,(H,23,26)(H,24,29). The molecule has 1 atom stereocenters. The van der Waals surface area contributed by atoms with E-state index in [1.807, 2.05) is 0 Å². The molecule has 2 aromatic carbocycles. The van der Waals surface area contributed by atoms with E-state index in [0.29, 0.717) is 10.6 Å². The second-order valence-electron chi connectivity index (χ2n) is 6.95. The Morgan fingerprint density at radius 3 is 2.53 bits per heavy atom. The summed E-state index contributed by atoms with van der Waals surface area (Å²) in [6.45, 7) is 2.31. The number of anilines is 1. The molecule has 3 rings (SSSR count). The highest BCUT2D eigenvalue weighted by atomic mass is 32.2. The van der Waals surface area contributed by atoms with Crippen LogP contribution in [0.15, 0.2) is 47.4 Å². The van der Waals surface area contributed by atoms with Crippen molar-refractivity contribution >= 4 is 41.1 Å². The van der Waals surface area contributed by atoms with Gasteiger partial charge in [0.25, 0.3) is 5.91 Å². The number of nitrogens with zero attached hydrogens (tertiary/aromatic N) is 1. The van der Waals surface area contributed by atoms with Gasteiger partial charge >= 0.3 is 6.03 Å². The summed E-state index contributed by atoms with van der Waals surface area (Å²) >= 11 is 1.34. The molecule has 0 bridgehead atoms. The summed E-state index contributed by atoms with van der Waals surface area (Å²) in [6.07, 6.45) is 1.80. The van der Waals surface area contributed by atoms with Crippen molar-refractivity contribution in [2.24, 2.45) is 0 Å². The van der Waals surface area contributed by atoms with Crippen LogP contribution in [0.2, 0.25) is 0 Å².